The minimum Gasteiger partial charge on any atom is -0.466 e. The molecule has 1 unspecified atom stereocenters. The smallest absolute Gasteiger partial charge is 0.332 e. The lowest BCUT2D eigenvalue weighted by Crippen LogP contribution is -2.41. The SMILES string of the molecule is CCCC(CN(C)COC(=O)/C=C\C(=O)OC)C(C)(c1ccccc1)c1ccccc1. The number of hydrogen-bond donors (Lipinski definition) is 0. The normalized spacial score (nSPS) is 12.7. The van der Waals surface area contributed by atoms with E-state index in [-0.39, 0.29) is 12.1 Å². The maximum atomic E-state index is 11.9. The molecule has 5 heteroatoms. The zero-order valence-corrected chi connectivity index (χ0v) is 18.9. The predicted molar refractivity (Wildman–Crippen MR) is 122 cm³/mol. The number of carbonyl (C=O) groups excluding carboxylic acids is 2. The van der Waals surface area contributed by atoms with Crippen molar-refractivity contribution < 1.29 is 19.1 Å². The van der Waals surface area contributed by atoms with Crippen LogP contribution in [0.15, 0.2) is 72.8 Å². The van der Waals surface area contributed by atoms with Crippen LogP contribution >= 0.6 is 0 Å². The van der Waals surface area contributed by atoms with E-state index in [1.54, 1.807) is 0 Å². The maximum Gasteiger partial charge on any atom is 0.332 e. The molecule has 1 atom stereocenters. The highest BCUT2D eigenvalue weighted by molar-refractivity contribution is 5.91. The first-order valence-electron chi connectivity index (χ1n) is 10.6. The Morgan fingerprint density at radius 3 is 1.97 bits per heavy atom. The minimum absolute atomic E-state index is 0.143. The molecule has 2 aromatic rings. The molecule has 0 heterocycles. The van der Waals surface area contributed by atoms with E-state index < -0.39 is 11.9 Å². The third kappa shape index (κ3) is 6.79. The number of carbonyl (C=O) groups is 2. The molecule has 0 amide bonds. The van der Waals surface area contributed by atoms with Gasteiger partial charge < -0.3 is 9.47 Å². The van der Waals surface area contributed by atoms with E-state index in [1.165, 1.54) is 18.2 Å². The Morgan fingerprint density at radius 2 is 1.48 bits per heavy atom. The summed E-state index contributed by atoms with van der Waals surface area (Å²) in [6.07, 6.45) is 4.22. The fourth-order valence-corrected chi connectivity index (χ4v) is 3.97. The number of ether oxygens (including phenoxy) is 2. The molecule has 0 saturated heterocycles. The van der Waals surface area contributed by atoms with E-state index >= 15 is 0 Å². The highest BCUT2D eigenvalue weighted by Crippen LogP contribution is 2.41. The molecule has 0 aliphatic carbocycles. The van der Waals surface area contributed by atoms with Crippen LogP contribution in [0.1, 0.15) is 37.8 Å². The van der Waals surface area contributed by atoms with Gasteiger partial charge in [-0.15, -0.1) is 0 Å². The van der Waals surface area contributed by atoms with E-state index in [1.807, 2.05) is 24.1 Å². The zero-order valence-electron chi connectivity index (χ0n) is 18.9. The van der Waals surface area contributed by atoms with Crippen molar-refractivity contribution >= 4 is 11.9 Å². The van der Waals surface area contributed by atoms with Crippen molar-refractivity contribution in [2.45, 2.75) is 32.1 Å². The fourth-order valence-electron chi connectivity index (χ4n) is 3.97. The standard InChI is InChI=1S/C26H33NO4/c1-5-12-23(19-27(3)20-31-25(29)18-17-24(28)30-4)26(2,21-13-8-6-9-14-21)22-15-10-7-11-16-22/h6-11,13-18,23H,5,12,19-20H2,1-4H3/b18-17-. The van der Waals surface area contributed by atoms with Gasteiger partial charge in [0.2, 0.25) is 0 Å². The molecule has 31 heavy (non-hydrogen) atoms. The van der Waals surface area contributed by atoms with E-state index in [2.05, 4.69) is 67.1 Å². The highest BCUT2D eigenvalue weighted by Gasteiger charge is 2.37. The number of methoxy groups -OCH3 is 1. The van der Waals surface area contributed by atoms with Gasteiger partial charge in [0.25, 0.3) is 0 Å². The van der Waals surface area contributed by atoms with E-state index in [9.17, 15) is 9.59 Å². The summed E-state index contributed by atoms with van der Waals surface area (Å²) >= 11 is 0. The Bertz CT molecular complexity index is 809. The van der Waals surface area contributed by atoms with Gasteiger partial charge in [-0.05, 0) is 30.5 Å². The van der Waals surface area contributed by atoms with Crippen LogP contribution in [-0.2, 0) is 24.5 Å². The van der Waals surface area contributed by atoms with E-state index in [4.69, 9.17) is 4.74 Å². The summed E-state index contributed by atoms with van der Waals surface area (Å²) in [7, 11) is 3.20. The van der Waals surface area contributed by atoms with Gasteiger partial charge in [-0.1, -0.05) is 80.9 Å². The van der Waals surface area contributed by atoms with Crippen molar-refractivity contribution in [3.63, 3.8) is 0 Å². The molecule has 0 radical (unpaired) electrons. The van der Waals surface area contributed by atoms with Crippen molar-refractivity contribution in [2.24, 2.45) is 5.92 Å². The molecule has 2 aromatic carbocycles. The monoisotopic (exact) mass is 423 g/mol. The van der Waals surface area contributed by atoms with Crippen molar-refractivity contribution in [1.82, 2.24) is 4.90 Å². The molecule has 0 aromatic heterocycles. The number of hydrogen-bond acceptors (Lipinski definition) is 5. The lowest BCUT2D eigenvalue weighted by Gasteiger charge is -2.41. The van der Waals surface area contributed by atoms with Gasteiger partial charge >= 0.3 is 11.9 Å². The Morgan fingerprint density at radius 1 is 0.968 bits per heavy atom. The van der Waals surface area contributed by atoms with Crippen molar-refractivity contribution in [3.05, 3.63) is 83.9 Å². The van der Waals surface area contributed by atoms with Crippen LogP contribution in [-0.4, -0.2) is 44.3 Å². The van der Waals surface area contributed by atoms with Crippen molar-refractivity contribution in [1.29, 1.82) is 0 Å². The molecule has 0 aliphatic rings. The summed E-state index contributed by atoms with van der Waals surface area (Å²) in [5.74, 6) is -0.857. The second-order valence-electron chi connectivity index (χ2n) is 7.91. The quantitative estimate of drug-likeness (QED) is 0.301. The summed E-state index contributed by atoms with van der Waals surface area (Å²) in [6, 6.07) is 21.2. The van der Waals surface area contributed by atoms with Gasteiger partial charge in [0, 0.05) is 24.1 Å². The summed E-state index contributed by atoms with van der Waals surface area (Å²) in [6.45, 7) is 5.39. The molecule has 0 aliphatic heterocycles. The highest BCUT2D eigenvalue weighted by atomic mass is 16.5. The van der Waals surface area contributed by atoms with Gasteiger partial charge in [-0.25, -0.2) is 9.59 Å². The maximum absolute atomic E-state index is 11.9. The lowest BCUT2D eigenvalue weighted by atomic mass is 9.65. The molecular formula is C26H33NO4. The third-order valence-corrected chi connectivity index (χ3v) is 5.72. The second kappa shape index (κ2) is 12.1. The number of nitrogens with zero attached hydrogens (tertiary/aromatic N) is 1. The first kappa shape index (κ1) is 24.4. The van der Waals surface area contributed by atoms with Crippen LogP contribution in [0.3, 0.4) is 0 Å². The van der Waals surface area contributed by atoms with Crippen LogP contribution in [0, 0.1) is 5.92 Å². The Kier molecular flexibility index (Phi) is 9.47. The van der Waals surface area contributed by atoms with E-state index in [0.29, 0.717) is 5.92 Å². The minimum atomic E-state index is -0.588. The molecule has 0 spiro atoms. The topological polar surface area (TPSA) is 55.8 Å². The Labute approximate surface area is 185 Å². The summed E-state index contributed by atoms with van der Waals surface area (Å²) in [5, 5.41) is 0. The Hall–Kier alpha value is -2.92. The lowest BCUT2D eigenvalue weighted by molar-refractivity contribution is -0.143. The Balaban J connectivity index is 2.20. The molecule has 0 N–H and O–H groups in total. The van der Waals surface area contributed by atoms with Gasteiger partial charge in [0.15, 0.2) is 0 Å². The van der Waals surface area contributed by atoms with E-state index in [0.717, 1.165) is 31.5 Å². The van der Waals surface area contributed by atoms with Crippen LogP contribution in [0.25, 0.3) is 0 Å². The summed E-state index contributed by atoms with van der Waals surface area (Å²) in [4.78, 5) is 25.0. The first-order valence-corrected chi connectivity index (χ1v) is 10.6. The predicted octanol–water partition coefficient (Wildman–Crippen LogP) is 4.57. The molecule has 166 valence electrons. The molecule has 2 rings (SSSR count). The average Bonchev–Trinajstić information content (AvgIpc) is 2.81. The van der Waals surface area contributed by atoms with Gasteiger partial charge in [0.1, 0.15) is 6.73 Å². The molecule has 0 fully saturated rings. The number of rotatable bonds is 11. The summed E-state index contributed by atoms with van der Waals surface area (Å²) < 4.78 is 9.78. The number of benzene rings is 2. The first-order chi connectivity index (χ1) is 14.9. The average molecular weight is 424 g/mol. The fraction of sp³-hybridized carbons (Fsp3) is 0.385. The zero-order chi connectivity index (χ0) is 22.7. The molecule has 5 nitrogen and oxygen atoms in total. The van der Waals surface area contributed by atoms with Crippen molar-refractivity contribution in [3.8, 4) is 0 Å². The number of esters is 2. The van der Waals surface area contributed by atoms with Crippen LogP contribution in [0.4, 0.5) is 0 Å². The summed E-state index contributed by atoms with van der Waals surface area (Å²) in [5.41, 5.74) is 2.35. The van der Waals surface area contributed by atoms with Gasteiger partial charge in [-0.2, -0.15) is 0 Å². The van der Waals surface area contributed by atoms with Gasteiger partial charge in [-0.3, -0.25) is 4.90 Å². The molecule has 0 saturated carbocycles. The van der Waals surface area contributed by atoms with Crippen molar-refractivity contribution in [2.75, 3.05) is 27.4 Å². The second-order valence-corrected chi connectivity index (χ2v) is 7.91. The molecule has 0 bridgehead atoms. The van der Waals surface area contributed by atoms with Crippen LogP contribution < -0.4 is 0 Å². The van der Waals surface area contributed by atoms with Gasteiger partial charge in [0.05, 0.1) is 7.11 Å². The third-order valence-electron chi connectivity index (χ3n) is 5.72. The van der Waals surface area contributed by atoms with Crippen LogP contribution in [0.5, 0.6) is 0 Å². The largest absolute Gasteiger partial charge is 0.466 e. The molecular weight excluding hydrogens is 390 g/mol. The van der Waals surface area contributed by atoms with Crippen LogP contribution in [0.2, 0.25) is 0 Å².